The van der Waals surface area contributed by atoms with Crippen LogP contribution >= 0.6 is 0 Å². The van der Waals surface area contributed by atoms with Crippen LogP contribution < -0.4 is 4.72 Å². The number of aromatic amines is 1. The molecule has 0 atom stereocenters. The molecule has 2 aromatic rings. The number of aromatic nitrogens is 3. The molecule has 0 aromatic carbocycles. The van der Waals surface area contributed by atoms with Gasteiger partial charge in [0, 0.05) is 24.2 Å². The zero-order valence-electron chi connectivity index (χ0n) is 9.92. The number of pyridine rings is 1. The molecule has 0 spiro atoms. The topological polar surface area (TPSA) is 87.7 Å². The Morgan fingerprint density at radius 1 is 1.33 bits per heavy atom. The molecule has 0 unspecified atom stereocenters. The van der Waals surface area contributed by atoms with Crippen LogP contribution in [0.4, 0.5) is 5.82 Å². The van der Waals surface area contributed by atoms with Crippen molar-refractivity contribution in [3.05, 3.63) is 41.9 Å². The fraction of sp³-hybridized carbons (Fsp3) is 0.273. The van der Waals surface area contributed by atoms with Crippen molar-refractivity contribution in [2.24, 2.45) is 0 Å². The van der Waals surface area contributed by atoms with E-state index in [-0.39, 0.29) is 5.75 Å². The predicted octanol–water partition coefficient (Wildman–Crippen LogP) is 1.10. The lowest BCUT2D eigenvalue weighted by Gasteiger charge is -2.04. The number of nitrogens with one attached hydrogen (secondary N) is 2. The molecule has 18 heavy (non-hydrogen) atoms. The molecule has 0 amide bonds. The van der Waals surface area contributed by atoms with Crippen LogP contribution in [0.1, 0.15) is 11.3 Å². The van der Waals surface area contributed by atoms with Gasteiger partial charge in [-0.05, 0) is 31.0 Å². The van der Waals surface area contributed by atoms with Crippen LogP contribution in [-0.4, -0.2) is 29.4 Å². The molecular formula is C11H14N4O2S. The summed E-state index contributed by atoms with van der Waals surface area (Å²) >= 11 is 0. The van der Waals surface area contributed by atoms with E-state index in [9.17, 15) is 8.42 Å². The summed E-state index contributed by atoms with van der Waals surface area (Å²) in [6.45, 7) is 1.81. The maximum absolute atomic E-state index is 11.8. The number of hydrogen-bond acceptors (Lipinski definition) is 4. The first-order chi connectivity index (χ1) is 8.55. The van der Waals surface area contributed by atoms with Crippen LogP contribution in [0.3, 0.4) is 0 Å². The van der Waals surface area contributed by atoms with E-state index in [1.807, 2.05) is 6.92 Å². The zero-order chi connectivity index (χ0) is 13.0. The molecule has 96 valence electrons. The van der Waals surface area contributed by atoms with E-state index in [2.05, 4.69) is 19.9 Å². The largest absolute Gasteiger partial charge is 0.281 e. The first kappa shape index (κ1) is 12.6. The average molecular weight is 266 g/mol. The van der Waals surface area contributed by atoms with Crippen molar-refractivity contribution in [3.8, 4) is 0 Å². The van der Waals surface area contributed by atoms with Gasteiger partial charge in [-0.1, -0.05) is 0 Å². The van der Waals surface area contributed by atoms with Crippen LogP contribution in [0, 0.1) is 6.92 Å². The molecule has 0 bridgehead atoms. The molecule has 0 aliphatic carbocycles. The van der Waals surface area contributed by atoms with E-state index < -0.39 is 10.0 Å². The number of hydrogen-bond donors (Lipinski definition) is 2. The fourth-order valence-corrected chi connectivity index (χ4v) is 2.51. The molecule has 6 nitrogen and oxygen atoms in total. The van der Waals surface area contributed by atoms with Gasteiger partial charge in [-0.3, -0.25) is 14.8 Å². The van der Waals surface area contributed by atoms with Crippen LogP contribution in [0.15, 0.2) is 30.6 Å². The van der Waals surface area contributed by atoms with Crippen molar-refractivity contribution in [2.45, 2.75) is 13.3 Å². The highest BCUT2D eigenvalue weighted by atomic mass is 32.2. The monoisotopic (exact) mass is 266 g/mol. The standard InChI is InChI=1S/C11H14N4O2S/c1-9-8-11(14-13-9)15-18(16,17)7-4-10-2-5-12-6-3-10/h2-3,5-6,8H,4,7H2,1H3,(H2,13,14,15). The van der Waals surface area contributed by atoms with Gasteiger partial charge in [-0.2, -0.15) is 5.10 Å². The maximum atomic E-state index is 11.8. The van der Waals surface area contributed by atoms with Gasteiger partial charge in [0.05, 0.1) is 5.75 Å². The second kappa shape index (κ2) is 5.18. The van der Waals surface area contributed by atoms with Crippen LogP contribution in [0.2, 0.25) is 0 Å². The van der Waals surface area contributed by atoms with Gasteiger partial charge in [0.25, 0.3) is 0 Å². The number of rotatable bonds is 5. The third-order valence-corrected chi connectivity index (χ3v) is 3.64. The first-order valence-electron chi connectivity index (χ1n) is 5.46. The second-order valence-corrected chi connectivity index (χ2v) is 5.80. The Kier molecular flexibility index (Phi) is 3.61. The van der Waals surface area contributed by atoms with Crippen molar-refractivity contribution >= 4 is 15.8 Å². The highest BCUT2D eigenvalue weighted by Crippen LogP contribution is 2.08. The average Bonchev–Trinajstić information content (AvgIpc) is 2.73. The Bertz CT molecular complexity index is 607. The number of sulfonamides is 1. The molecule has 2 heterocycles. The molecule has 0 fully saturated rings. The SMILES string of the molecule is Cc1cc(NS(=O)(=O)CCc2ccncc2)n[nH]1. The number of aryl methyl sites for hydroxylation is 2. The molecule has 2 N–H and O–H groups in total. The summed E-state index contributed by atoms with van der Waals surface area (Å²) < 4.78 is 26.0. The van der Waals surface area contributed by atoms with Crippen molar-refractivity contribution in [2.75, 3.05) is 10.5 Å². The van der Waals surface area contributed by atoms with Crippen molar-refractivity contribution in [1.29, 1.82) is 0 Å². The summed E-state index contributed by atoms with van der Waals surface area (Å²) in [6.07, 6.45) is 3.74. The lowest BCUT2D eigenvalue weighted by Crippen LogP contribution is -2.18. The van der Waals surface area contributed by atoms with Crippen LogP contribution in [0.5, 0.6) is 0 Å². The van der Waals surface area contributed by atoms with Crippen LogP contribution in [0.25, 0.3) is 0 Å². The fourth-order valence-electron chi connectivity index (χ4n) is 1.48. The van der Waals surface area contributed by atoms with Gasteiger partial charge in [0.2, 0.25) is 10.0 Å². The van der Waals surface area contributed by atoms with Gasteiger partial charge in [0.15, 0.2) is 5.82 Å². The summed E-state index contributed by atoms with van der Waals surface area (Å²) in [7, 11) is -3.37. The Labute approximate surface area is 106 Å². The summed E-state index contributed by atoms with van der Waals surface area (Å²) in [4.78, 5) is 3.88. The lowest BCUT2D eigenvalue weighted by molar-refractivity contribution is 0.600. The minimum absolute atomic E-state index is 0.0168. The second-order valence-electron chi connectivity index (χ2n) is 3.96. The Morgan fingerprint density at radius 3 is 2.67 bits per heavy atom. The van der Waals surface area contributed by atoms with Gasteiger partial charge in [-0.15, -0.1) is 0 Å². The molecule has 0 radical (unpaired) electrons. The van der Waals surface area contributed by atoms with E-state index >= 15 is 0 Å². The van der Waals surface area contributed by atoms with E-state index in [1.165, 1.54) is 0 Å². The van der Waals surface area contributed by atoms with Crippen molar-refractivity contribution < 1.29 is 8.42 Å². The van der Waals surface area contributed by atoms with E-state index in [4.69, 9.17) is 0 Å². The maximum Gasteiger partial charge on any atom is 0.234 e. The minimum Gasteiger partial charge on any atom is -0.281 e. The molecule has 0 saturated heterocycles. The zero-order valence-corrected chi connectivity index (χ0v) is 10.7. The van der Waals surface area contributed by atoms with Crippen molar-refractivity contribution in [3.63, 3.8) is 0 Å². The quantitative estimate of drug-likeness (QED) is 0.848. The molecule has 0 aliphatic rings. The highest BCUT2D eigenvalue weighted by Gasteiger charge is 2.12. The molecular weight excluding hydrogens is 252 g/mol. The van der Waals surface area contributed by atoms with Gasteiger partial charge in [-0.25, -0.2) is 8.42 Å². The molecule has 0 aliphatic heterocycles. The number of anilines is 1. The van der Waals surface area contributed by atoms with Gasteiger partial charge >= 0.3 is 0 Å². The summed E-state index contributed by atoms with van der Waals surface area (Å²) in [5.41, 5.74) is 1.75. The predicted molar refractivity (Wildman–Crippen MR) is 68.7 cm³/mol. The number of nitrogens with zero attached hydrogens (tertiary/aromatic N) is 2. The third kappa shape index (κ3) is 3.56. The molecule has 0 saturated carbocycles. The molecule has 2 aromatic heterocycles. The Balaban J connectivity index is 1.96. The van der Waals surface area contributed by atoms with E-state index in [0.717, 1.165) is 11.3 Å². The smallest absolute Gasteiger partial charge is 0.234 e. The van der Waals surface area contributed by atoms with E-state index in [1.54, 1.807) is 30.6 Å². The Morgan fingerprint density at radius 2 is 2.06 bits per heavy atom. The summed E-state index contributed by atoms with van der Waals surface area (Å²) in [5.74, 6) is 0.338. The summed E-state index contributed by atoms with van der Waals surface area (Å²) in [5, 5.41) is 6.51. The highest BCUT2D eigenvalue weighted by molar-refractivity contribution is 7.92. The normalized spacial score (nSPS) is 11.4. The Hall–Kier alpha value is -1.89. The van der Waals surface area contributed by atoms with Gasteiger partial charge in [0.1, 0.15) is 0 Å². The lowest BCUT2D eigenvalue weighted by atomic mass is 10.2. The van der Waals surface area contributed by atoms with Crippen molar-refractivity contribution in [1.82, 2.24) is 15.2 Å². The minimum atomic E-state index is -3.37. The molecule has 2 rings (SSSR count). The van der Waals surface area contributed by atoms with Crippen LogP contribution in [-0.2, 0) is 16.4 Å². The summed E-state index contributed by atoms with van der Waals surface area (Å²) in [6, 6.07) is 5.24. The number of H-pyrrole nitrogens is 1. The molecule has 7 heteroatoms. The third-order valence-electron chi connectivity index (χ3n) is 2.37. The van der Waals surface area contributed by atoms with Gasteiger partial charge < -0.3 is 0 Å². The first-order valence-corrected chi connectivity index (χ1v) is 7.12. The van der Waals surface area contributed by atoms with E-state index in [0.29, 0.717) is 12.2 Å².